The number of fused-ring (bicyclic) bond motifs is 8. The summed E-state index contributed by atoms with van der Waals surface area (Å²) in [6.07, 6.45) is 3.03. The van der Waals surface area contributed by atoms with Crippen molar-refractivity contribution >= 4 is 23.0 Å². The second-order valence-electron chi connectivity index (χ2n) is 9.67. The van der Waals surface area contributed by atoms with E-state index in [0.717, 1.165) is 70.9 Å². The van der Waals surface area contributed by atoms with Crippen LogP contribution in [0, 0.1) is 0 Å². The van der Waals surface area contributed by atoms with E-state index in [9.17, 15) is 4.79 Å². The maximum Gasteiger partial charge on any atom is 0.340 e. The minimum absolute atomic E-state index is 0.314. The molecule has 1 unspecified atom stereocenters. The molecule has 3 aliphatic heterocycles. The van der Waals surface area contributed by atoms with Gasteiger partial charge in [-0.2, -0.15) is 0 Å². The van der Waals surface area contributed by atoms with Gasteiger partial charge in [-0.3, -0.25) is 0 Å². The first-order valence-corrected chi connectivity index (χ1v) is 12.6. The van der Waals surface area contributed by atoms with E-state index < -0.39 is 5.60 Å². The molecule has 0 aliphatic carbocycles. The Bertz CT molecular complexity index is 1540. The van der Waals surface area contributed by atoms with Crippen LogP contribution < -0.4 is 15.4 Å². The molecular weight excluding hydrogens is 448 g/mol. The van der Waals surface area contributed by atoms with E-state index in [1.165, 1.54) is 5.56 Å². The highest BCUT2D eigenvalue weighted by molar-refractivity contribution is 5.97. The molecule has 0 radical (unpaired) electrons. The van der Waals surface area contributed by atoms with Gasteiger partial charge in [0.1, 0.15) is 11.5 Å². The topological polar surface area (TPSA) is 59.6 Å². The van der Waals surface area contributed by atoms with E-state index >= 15 is 0 Å². The zero-order valence-corrected chi connectivity index (χ0v) is 20.1. The number of rotatable bonds is 4. The van der Waals surface area contributed by atoms with Crippen molar-refractivity contribution in [3.8, 4) is 11.5 Å². The van der Waals surface area contributed by atoms with Gasteiger partial charge in [-0.05, 0) is 53.9 Å². The van der Waals surface area contributed by atoms with Crippen LogP contribution in [0.4, 0.5) is 17.1 Å². The first kappa shape index (κ1) is 21.1. The van der Waals surface area contributed by atoms with E-state index in [-0.39, 0.29) is 5.97 Å². The Morgan fingerprint density at radius 3 is 2.61 bits per heavy atom. The van der Waals surface area contributed by atoms with Gasteiger partial charge < -0.3 is 20.1 Å². The van der Waals surface area contributed by atoms with Crippen LogP contribution in [-0.2, 0) is 16.8 Å². The van der Waals surface area contributed by atoms with E-state index in [4.69, 9.17) is 9.47 Å². The van der Waals surface area contributed by atoms with Crippen molar-refractivity contribution in [2.45, 2.75) is 31.8 Å². The van der Waals surface area contributed by atoms with Crippen molar-refractivity contribution in [3.05, 3.63) is 112 Å². The van der Waals surface area contributed by atoms with Crippen molar-refractivity contribution in [3.63, 3.8) is 0 Å². The molecule has 36 heavy (non-hydrogen) atoms. The largest absolute Gasteiger partial charge is 0.456 e. The lowest BCUT2D eigenvalue weighted by Gasteiger charge is -2.38. The van der Waals surface area contributed by atoms with Gasteiger partial charge in [0.15, 0.2) is 5.60 Å². The highest BCUT2D eigenvalue weighted by atomic mass is 16.6. The second-order valence-corrected chi connectivity index (χ2v) is 9.67. The number of ether oxygens (including phenoxy) is 2. The monoisotopic (exact) mass is 474 g/mol. The third-order valence-electron chi connectivity index (χ3n) is 7.46. The fraction of sp³-hybridized carbons (Fsp3) is 0.194. The first-order chi connectivity index (χ1) is 17.7. The SMILES string of the molecule is CCCCNc1ccc2c(c1)Oc1cc3c(cc1C21OC(=O)c2ccccc21)Nc1ccccc1C3. The summed E-state index contributed by atoms with van der Waals surface area (Å²) in [4.78, 5) is 13.2. The molecule has 3 heterocycles. The van der Waals surface area contributed by atoms with Gasteiger partial charge in [0.2, 0.25) is 0 Å². The van der Waals surface area contributed by atoms with Crippen molar-refractivity contribution in [1.29, 1.82) is 0 Å². The highest BCUT2D eigenvalue weighted by Crippen LogP contribution is 2.57. The van der Waals surface area contributed by atoms with Crippen LogP contribution in [0.2, 0.25) is 0 Å². The number of anilines is 3. The lowest BCUT2D eigenvalue weighted by Crippen LogP contribution is -2.33. The summed E-state index contributed by atoms with van der Waals surface area (Å²) >= 11 is 0. The molecule has 0 amide bonds. The van der Waals surface area contributed by atoms with E-state index in [1.807, 2.05) is 48.5 Å². The fourth-order valence-corrected chi connectivity index (χ4v) is 5.69. The van der Waals surface area contributed by atoms with Crippen LogP contribution in [0.15, 0.2) is 78.9 Å². The first-order valence-electron chi connectivity index (χ1n) is 12.6. The predicted molar refractivity (Wildman–Crippen MR) is 141 cm³/mol. The molecule has 0 bridgehead atoms. The molecule has 7 rings (SSSR count). The molecule has 4 aromatic rings. The molecular formula is C31H26N2O3. The number of carbonyl (C=O) groups is 1. The normalized spacial score (nSPS) is 18.1. The molecule has 1 spiro atoms. The van der Waals surface area contributed by atoms with Gasteiger partial charge in [-0.15, -0.1) is 0 Å². The standard InChI is InChI=1S/C31H26N2O3/c1-2-3-14-32-21-12-13-24-29(17-21)35-28-16-20-15-19-8-4-7-11-26(19)33-27(20)18-25(28)31(24)23-10-6-5-9-22(23)30(34)36-31/h4-13,16-18,32-33H,2-3,14-15H2,1H3. The summed E-state index contributed by atoms with van der Waals surface area (Å²) in [7, 11) is 0. The lowest BCUT2D eigenvalue weighted by atomic mass is 9.76. The van der Waals surface area contributed by atoms with E-state index in [1.54, 1.807) is 0 Å². The molecule has 4 aromatic carbocycles. The van der Waals surface area contributed by atoms with Crippen LogP contribution in [0.5, 0.6) is 11.5 Å². The van der Waals surface area contributed by atoms with Crippen LogP contribution in [0.3, 0.4) is 0 Å². The summed E-state index contributed by atoms with van der Waals surface area (Å²) in [5.74, 6) is 1.11. The van der Waals surface area contributed by atoms with Gasteiger partial charge in [0.05, 0.1) is 5.56 Å². The summed E-state index contributed by atoms with van der Waals surface area (Å²) in [5.41, 5.74) is 7.56. The number of carbonyl (C=O) groups excluding carboxylic acids is 1. The number of hydrogen-bond donors (Lipinski definition) is 2. The van der Waals surface area contributed by atoms with Crippen LogP contribution >= 0.6 is 0 Å². The Labute approximate surface area is 210 Å². The van der Waals surface area contributed by atoms with Gasteiger partial charge in [0.25, 0.3) is 0 Å². The van der Waals surface area contributed by atoms with Crippen molar-refractivity contribution in [1.82, 2.24) is 0 Å². The third-order valence-corrected chi connectivity index (χ3v) is 7.46. The number of para-hydroxylation sites is 1. The average Bonchev–Trinajstić information content (AvgIpc) is 3.20. The Morgan fingerprint density at radius 1 is 0.861 bits per heavy atom. The fourth-order valence-electron chi connectivity index (χ4n) is 5.69. The number of hydrogen-bond acceptors (Lipinski definition) is 5. The zero-order valence-electron chi connectivity index (χ0n) is 20.1. The van der Waals surface area contributed by atoms with Gasteiger partial charge in [-0.25, -0.2) is 4.79 Å². The molecule has 2 N–H and O–H groups in total. The predicted octanol–water partition coefficient (Wildman–Crippen LogP) is 7.11. The quantitative estimate of drug-likeness (QED) is 0.215. The molecule has 0 saturated carbocycles. The van der Waals surface area contributed by atoms with Crippen molar-refractivity contribution < 1.29 is 14.3 Å². The summed E-state index contributed by atoms with van der Waals surface area (Å²) < 4.78 is 12.9. The maximum absolute atomic E-state index is 13.2. The Balaban J connectivity index is 1.42. The molecule has 0 aromatic heterocycles. The minimum Gasteiger partial charge on any atom is -0.456 e. The number of nitrogens with one attached hydrogen (secondary N) is 2. The number of benzene rings is 4. The minimum atomic E-state index is -1.06. The van der Waals surface area contributed by atoms with E-state index in [0.29, 0.717) is 11.3 Å². The molecule has 178 valence electrons. The number of esters is 1. The molecule has 0 saturated heterocycles. The zero-order chi connectivity index (χ0) is 24.3. The molecule has 0 fully saturated rings. The average molecular weight is 475 g/mol. The Kier molecular flexibility index (Phi) is 4.61. The molecule has 1 atom stereocenters. The van der Waals surface area contributed by atoms with Gasteiger partial charge in [-0.1, -0.05) is 49.7 Å². The van der Waals surface area contributed by atoms with Crippen LogP contribution in [0.25, 0.3) is 0 Å². The number of unbranched alkanes of at least 4 members (excludes halogenated alkanes) is 1. The van der Waals surface area contributed by atoms with Crippen molar-refractivity contribution in [2.24, 2.45) is 0 Å². The summed E-state index contributed by atoms with van der Waals surface area (Å²) in [5, 5.41) is 7.08. The molecule has 5 heteroatoms. The molecule has 3 aliphatic rings. The Hall–Kier alpha value is -4.25. The Morgan fingerprint density at radius 2 is 1.69 bits per heavy atom. The van der Waals surface area contributed by atoms with E-state index in [2.05, 4.69) is 47.9 Å². The third kappa shape index (κ3) is 2.99. The summed E-state index contributed by atoms with van der Waals surface area (Å²) in [6.45, 7) is 3.07. The summed E-state index contributed by atoms with van der Waals surface area (Å²) in [6, 6.07) is 26.3. The maximum atomic E-state index is 13.2. The second kappa shape index (κ2) is 7.89. The van der Waals surface area contributed by atoms with Gasteiger partial charge >= 0.3 is 5.97 Å². The van der Waals surface area contributed by atoms with Crippen LogP contribution in [0.1, 0.15) is 57.9 Å². The smallest absolute Gasteiger partial charge is 0.340 e. The highest BCUT2D eigenvalue weighted by Gasteiger charge is 2.53. The van der Waals surface area contributed by atoms with Crippen molar-refractivity contribution in [2.75, 3.05) is 17.2 Å². The van der Waals surface area contributed by atoms with Crippen LogP contribution in [-0.4, -0.2) is 12.5 Å². The lowest BCUT2D eigenvalue weighted by molar-refractivity contribution is 0.0224. The van der Waals surface area contributed by atoms with Gasteiger partial charge in [0, 0.05) is 52.8 Å². The molecule has 5 nitrogen and oxygen atoms in total.